The highest BCUT2D eigenvalue weighted by Gasteiger charge is 2.35. The second kappa shape index (κ2) is 7.43. The summed E-state index contributed by atoms with van der Waals surface area (Å²) in [6.45, 7) is 2.77. The monoisotopic (exact) mass is 464 g/mol. The van der Waals surface area contributed by atoms with Gasteiger partial charge in [0.1, 0.15) is 0 Å². The number of hydrogen-bond acceptors (Lipinski definition) is 4. The van der Waals surface area contributed by atoms with Crippen molar-refractivity contribution < 1.29 is 13.9 Å². The number of benzene rings is 2. The first kappa shape index (κ1) is 19.1. The van der Waals surface area contributed by atoms with E-state index in [1.54, 1.807) is 19.5 Å². The molecule has 1 aliphatic heterocycles. The summed E-state index contributed by atoms with van der Waals surface area (Å²) in [7, 11) is 1.64. The molecule has 5 rings (SSSR count). The van der Waals surface area contributed by atoms with Crippen LogP contribution in [0.1, 0.15) is 36.4 Å². The SMILES string of the molecule is COc1ccc(C2CC(=O)N(C(C)c3ccc(Br)cc3)C2)c2c1oc1cnccc12. The van der Waals surface area contributed by atoms with Gasteiger partial charge in [-0.25, -0.2) is 0 Å². The summed E-state index contributed by atoms with van der Waals surface area (Å²) >= 11 is 3.48. The molecule has 0 bridgehead atoms. The van der Waals surface area contributed by atoms with Crippen LogP contribution in [0.4, 0.5) is 0 Å². The van der Waals surface area contributed by atoms with Crippen LogP contribution >= 0.6 is 15.9 Å². The minimum absolute atomic E-state index is 0.0228. The van der Waals surface area contributed by atoms with Crippen molar-refractivity contribution >= 4 is 43.8 Å². The van der Waals surface area contributed by atoms with Crippen molar-refractivity contribution in [3.05, 3.63) is 70.5 Å². The quantitative estimate of drug-likeness (QED) is 0.381. The second-order valence-corrected chi connectivity index (χ2v) is 8.63. The molecular formula is C24H21BrN2O3. The maximum atomic E-state index is 13.0. The highest BCUT2D eigenvalue weighted by molar-refractivity contribution is 9.10. The smallest absolute Gasteiger partial charge is 0.223 e. The lowest BCUT2D eigenvalue weighted by atomic mass is 9.93. The Morgan fingerprint density at radius 3 is 2.77 bits per heavy atom. The number of rotatable bonds is 4. The van der Waals surface area contributed by atoms with Crippen LogP contribution in [0, 0.1) is 0 Å². The van der Waals surface area contributed by atoms with E-state index in [9.17, 15) is 4.79 Å². The van der Waals surface area contributed by atoms with Crippen LogP contribution in [0.15, 0.2) is 63.7 Å². The summed E-state index contributed by atoms with van der Waals surface area (Å²) in [5.41, 5.74) is 3.69. The molecule has 3 heterocycles. The van der Waals surface area contributed by atoms with Gasteiger partial charge in [-0.3, -0.25) is 9.78 Å². The molecule has 1 aliphatic rings. The van der Waals surface area contributed by atoms with E-state index < -0.39 is 0 Å². The van der Waals surface area contributed by atoms with Gasteiger partial charge in [-0.1, -0.05) is 34.1 Å². The predicted octanol–water partition coefficient (Wildman–Crippen LogP) is 5.83. The first-order valence-electron chi connectivity index (χ1n) is 9.95. The summed E-state index contributed by atoms with van der Waals surface area (Å²) in [4.78, 5) is 19.1. The van der Waals surface area contributed by atoms with Crippen LogP contribution in [-0.4, -0.2) is 29.4 Å². The molecule has 6 heteroatoms. The van der Waals surface area contributed by atoms with Crippen molar-refractivity contribution in [1.29, 1.82) is 0 Å². The molecule has 0 spiro atoms. The van der Waals surface area contributed by atoms with Gasteiger partial charge in [-0.2, -0.15) is 0 Å². The number of aromatic nitrogens is 1. The van der Waals surface area contributed by atoms with E-state index in [0.29, 0.717) is 24.3 Å². The molecule has 2 aromatic heterocycles. The number of carbonyl (C=O) groups is 1. The maximum absolute atomic E-state index is 13.0. The standard InChI is InChI=1S/C24H21BrN2O3/c1-14(15-3-5-17(25)6-4-15)27-13-16(11-22(27)28)18-7-8-20(29-2)24-23(18)19-9-10-26-12-21(19)30-24/h3-10,12,14,16H,11,13H2,1-2H3. The number of fused-ring (bicyclic) bond motifs is 3. The lowest BCUT2D eigenvalue weighted by Crippen LogP contribution is -2.28. The Bertz CT molecular complexity index is 1250. The van der Waals surface area contributed by atoms with Crippen molar-refractivity contribution in [1.82, 2.24) is 9.88 Å². The van der Waals surface area contributed by atoms with Crippen LogP contribution in [0.25, 0.3) is 21.9 Å². The van der Waals surface area contributed by atoms with Crippen LogP contribution < -0.4 is 4.74 Å². The minimum Gasteiger partial charge on any atom is -0.493 e. The van der Waals surface area contributed by atoms with Gasteiger partial charge in [0, 0.05) is 40.3 Å². The maximum Gasteiger partial charge on any atom is 0.223 e. The van der Waals surface area contributed by atoms with E-state index in [2.05, 4.69) is 46.0 Å². The summed E-state index contributed by atoms with van der Waals surface area (Å²) < 4.78 is 12.6. The van der Waals surface area contributed by atoms with E-state index in [4.69, 9.17) is 9.15 Å². The molecular weight excluding hydrogens is 444 g/mol. The van der Waals surface area contributed by atoms with Crippen molar-refractivity contribution in [2.45, 2.75) is 25.3 Å². The molecule has 2 unspecified atom stereocenters. The fourth-order valence-electron chi connectivity index (χ4n) is 4.47. The summed E-state index contributed by atoms with van der Waals surface area (Å²) in [5.74, 6) is 0.959. The zero-order valence-corrected chi connectivity index (χ0v) is 18.3. The van der Waals surface area contributed by atoms with Crippen molar-refractivity contribution in [2.24, 2.45) is 0 Å². The molecule has 152 valence electrons. The van der Waals surface area contributed by atoms with Crippen molar-refractivity contribution in [2.75, 3.05) is 13.7 Å². The molecule has 0 saturated carbocycles. The third kappa shape index (κ3) is 3.06. The number of methoxy groups -OCH3 is 1. The lowest BCUT2D eigenvalue weighted by Gasteiger charge is -2.25. The topological polar surface area (TPSA) is 55.6 Å². The number of ether oxygens (including phenoxy) is 1. The molecule has 30 heavy (non-hydrogen) atoms. The fraction of sp³-hybridized carbons (Fsp3) is 0.250. The normalized spacial score (nSPS) is 17.8. The van der Waals surface area contributed by atoms with Gasteiger partial charge in [0.2, 0.25) is 5.91 Å². The summed E-state index contributed by atoms with van der Waals surface area (Å²) in [6.07, 6.45) is 3.97. The number of pyridine rings is 1. The largest absolute Gasteiger partial charge is 0.493 e. The molecule has 2 aromatic carbocycles. The first-order valence-corrected chi connectivity index (χ1v) is 10.7. The second-order valence-electron chi connectivity index (χ2n) is 7.71. The van der Waals surface area contributed by atoms with Gasteiger partial charge in [0.25, 0.3) is 0 Å². The highest BCUT2D eigenvalue weighted by atomic mass is 79.9. The number of carbonyl (C=O) groups excluding carboxylic acids is 1. The Morgan fingerprint density at radius 1 is 1.20 bits per heavy atom. The number of nitrogens with zero attached hydrogens (tertiary/aromatic N) is 2. The van der Waals surface area contributed by atoms with Crippen LogP contribution in [0.3, 0.4) is 0 Å². The fourth-order valence-corrected chi connectivity index (χ4v) is 4.74. The molecule has 1 saturated heterocycles. The summed E-state index contributed by atoms with van der Waals surface area (Å²) in [5, 5.41) is 2.02. The van der Waals surface area contributed by atoms with E-state index in [1.165, 1.54) is 0 Å². The van der Waals surface area contributed by atoms with Crippen molar-refractivity contribution in [3.63, 3.8) is 0 Å². The molecule has 4 aromatic rings. The molecule has 0 N–H and O–H groups in total. The zero-order valence-electron chi connectivity index (χ0n) is 16.8. The third-order valence-electron chi connectivity index (χ3n) is 6.06. The Labute approximate surface area is 182 Å². The Morgan fingerprint density at radius 2 is 2.00 bits per heavy atom. The highest BCUT2D eigenvalue weighted by Crippen LogP contribution is 2.43. The molecule has 2 atom stereocenters. The van der Waals surface area contributed by atoms with Gasteiger partial charge in [-0.05, 0) is 42.3 Å². The molecule has 1 amide bonds. The van der Waals surface area contributed by atoms with E-state index >= 15 is 0 Å². The average molecular weight is 465 g/mol. The number of furan rings is 1. The van der Waals surface area contributed by atoms with Crippen LogP contribution in [0.2, 0.25) is 0 Å². The van der Waals surface area contributed by atoms with Crippen LogP contribution in [0.5, 0.6) is 5.75 Å². The average Bonchev–Trinajstić information content (AvgIpc) is 3.34. The van der Waals surface area contributed by atoms with Gasteiger partial charge in [0.15, 0.2) is 16.9 Å². The first-order chi connectivity index (χ1) is 14.6. The summed E-state index contributed by atoms with van der Waals surface area (Å²) in [6, 6.07) is 14.2. The molecule has 1 fully saturated rings. The third-order valence-corrected chi connectivity index (χ3v) is 6.59. The van der Waals surface area contributed by atoms with E-state index in [-0.39, 0.29) is 17.9 Å². The minimum atomic E-state index is 0.0228. The number of amides is 1. The van der Waals surface area contributed by atoms with Gasteiger partial charge in [-0.15, -0.1) is 0 Å². The molecule has 0 radical (unpaired) electrons. The number of hydrogen-bond donors (Lipinski definition) is 0. The van der Waals surface area contributed by atoms with Gasteiger partial charge in [0.05, 0.1) is 19.3 Å². The van der Waals surface area contributed by atoms with Gasteiger partial charge < -0.3 is 14.1 Å². The molecule has 5 nitrogen and oxygen atoms in total. The Balaban J connectivity index is 1.55. The zero-order chi connectivity index (χ0) is 20.8. The van der Waals surface area contributed by atoms with E-state index in [1.807, 2.05) is 29.2 Å². The Hall–Kier alpha value is -2.86. The number of likely N-dealkylation sites (tertiary alicyclic amines) is 1. The van der Waals surface area contributed by atoms with Crippen LogP contribution in [-0.2, 0) is 4.79 Å². The Kier molecular flexibility index (Phi) is 4.74. The van der Waals surface area contributed by atoms with E-state index in [0.717, 1.165) is 32.0 Å². The predicted molar refractivity (Wildman–Crippen MR) is 120 cm³/mol. The lowest BCUT2D eigenvalue weighted by molar-refractivity contribution is -0.129. The van der Waals surface area contributed by atoms with Crippen molar-refractivity contribution in [3.8, 4) is 5.75 Å². The number of halogens is 1. The van der Waals surface area contributed by atoms with Gasteiger partial charge >= 0.3 is 0 Å². The molecule has 0 aliphatic carbocycles.